The van der Waals surface area contributed by atoms with Crippen molar-refractivity contribution in [3.8, 4) is 6.07 Å². The number of nitrogens with zero attached hydrogens (tertiary/aromatic N) is 2. The molecule has 0 spiro atoms. The zero-order valence-electron chi connectivity index (χ0n) is 13.2. The molecule has 2 aromatic carbocycles. The Morgan fingerprint density at radius 1 is 1.17 bits per heavy atom. The summed E-state index contributed by atoms with van der Waals surface area (Å²) >= 11 is 1.71. The zero-order valence-corrected chi connectivity index (χ0v) is 14.1. The van der Waals surface area contributed by atoms with Crippen LogP contribution in [0.25, 0.3) is 0 Å². The Kier molecular flexibility index (Phi) is 6.21. The van der Waals surface area contributed by atoms with Gasteiger partial charge in [-0.15, -0.1) is 11.8 Å². The van der Waals surface area contributed by atoms with Crippen molar-refractivity contribution in [2.45, 2.75) is 11.4 Å². The van der Waals surface area contributed by atoms with Crippen LogP contribution in [-0.4, -0.2) is 30.7 Å². The topological polar surface area (TPSA) is 56.1 Å². The van der Waals surface area contributed by atoms with E-state index >= 15 is 0 Å². The molecule has 0 aliphatic carbocycles. The van der Waals surface area contributed by atoms with Crippen LogP contribution in [0.15, 0.2) is 53.4 Å². The van der Waals surface area contributed by atoms with Gasteiger partial charge in [-0.2, -0.15) is 5.26 Å². The van der Waals surface area contributed by atoms with Gasteiger partial charge in [0.1, 0.15) is 0 Å². The molecular weight excluding hydrogens is 306 g/mol. The summed E-state index contributed by atoms with van der Waals surface area (Å²) in [5, 5.41) is 11.6. The van der Waals surface area contributed by atoms with Gasteiger partial charge in [-0.3, -0.25) is 9.69 Å². The molecule has 0 unspecified atom stereocenters. The summed E-state index contributed by atoms with van der Waals surface area (Å²) in [4.78, 5) is 15.2. The van der Waals surface area contributed by atoms with Crippen molar-refractivity contribution in [1.29, 1.82) is 5.26 Å². The van der Waals surface area contributed by atoms with E-state index in [1.165, 1.54) is 10.5 Å². The molecule has 118 valence electrons. The molecule has 0 bridgehead atoms. The van der Waals surface area contributed by atoms with Crippen molar-refractivity contribution in [2.75, 3.05) is 25.2 Å². The summed E-state index contributed by atoms with van der Waals surface area (Å²) in [7, 11) is 1.92. The van der Waals surface area contributed by atoms with Gasteiger partial charge in [0.15, 0.2) is 0 Å². The van der Waals surface area contributed by atoms with Gasteiger partial charge in [0, 0.05) is 17.1 Å². The molecule has 0 saturated heterocycles. The predicted molar refractivity (Wildman–Crippen MR) is 94.3 cm³/mol. The molecule has 0 radical (unpaired) electrons. The average molecular weight is 325 g/mol. The van der Waals surface area contributed by atoms with E-state index in [2.05, 4.69) is 41.9 Å². The van der Waals surface area contributed by atoms with Crippen LogP contribution in [0.5, 0.6) is 0 Å². The number of benzene rings is 2. The molecule has 0 fully saturated rings. The molecule has 2 aromatic rings. The molecule has 0 aromatic heterocycles. The van der Waals surface area contributed by atoms with Crippen LogP contribution in [0, 0.1) is 11.3 Å². The first-order valence-electron chi connectivity index (χ1n) is 7.22. The van der Waals surface area contributed by atoms with E-state index in [1.807, 2.05) is 11.9 Å². The Balaban J connectivity index is 1.84. The van der Waals surface area contributed by atoms with Gasteiger partial charge in [-0.1, -0.05) is 12.1 Å². The fourth-order valence-electron chi connectivity index (χ4n) is 2.17. The molecule has 23 heavy (non-hydrogen) atoms. The van der Waals surface area contributed by atoms with Crippen LogP contribution in [0.2, 0.25) is 0 Å². The van der Waals surface area contributed by atoms with Crippen LogP contribution in [-0.2, 0) is 11.3 Å². The lowest BCUT2D eigenvalue weighted by atomic mass is 10.2. The fourth-order valence-corrected chi connectivity index (χ4v) is 2.58. The van der Waals surface area contributed by atoms with E-state index in [-0.39, 0.29) is 5.91 Å². The fraction of sp³-hybridized carbons (Fsp3) is 0.222. The molecule has 1 amide bonds. The number of thioether (sulfide) groups is 1. The first-order chi connectivity index (χ1) is 11.1. The molecule has 1 N–H and O–H groups in total. The van der Waals surface area contributed by atoms with Crippen molar-refractivity contribution in [3.63, 3.8) is 0 Å². The first kappa shape index (κ1) is 17.1. The second kappa shape index (κ2) is 8.37. The monoisotopic (exact) mass is 325 g/mol. The van der Waals surface area contributed by atoms with E-state index in [0.29, 0.717) is 17.8 Å². The quantitative estimate of drug-likeness (QED) is 0.828. The highest BCUT2D eigenvalue weighted by Gasteiger charge is 2.08. The molecule has 0 saturated carbocycles. The smallest absolute Gasteiger partial charge is 0.238 e. The van der Waals surface area contributed by atoms with Gasteiger partial charge in [-0.05, 0) is 55.3 Å². The predicted octanol–water partition coefficient (Wildman–Crippen LogP) is 3.35. The summed E-state index contributed by atoms with van der Waals surface area (Å²) in [6.07, 6.45) is 2.05. The summed E-state index contributed by atoms with van der Waals surface area (Å²) in [6, 6.07) is 17.2. The minimum atomic E-state index is -0.0714. The molecule has 0 heterocycles. The third kappa shape index (κ3) is 5.44. The lowest BCUT2D eigenvalue weighted by Crippen LogP contribution is -2.29. The van der Waals surface area contributed by atoms with Crippen molar-refractivity contribution < 1.29 is 4.79 Å². The molecule has 5 heteroatoms. The van der Waals surface area contributed by atoms with Gasteiger partial charge >= 0.3 is 0 Å². The number of hydrogen-bond donors (Lipinski definition) is 1. The Labute approximate surface area is 141 Å². The number of nitriles is 1. The number of anilines is 1. The summed E-state index contributed by atoms with van der Waals surface area (Å²) in [5.41, 5.74) is 2.46. The SMILES string of the molecule is CSc1ccc(CN(C)CC(=O)Nc2ccc(C#N)cc2)cc1. The Bertz CT molecular complexity index is 690. The summed E-state index contributed by atoms with van der Waals surface area (Å²) < 4.78 is 0. The molecule has 0 aliphatic heterocycles. The van der Waals surface area contributed by atoms with Crippen LogP contribution in [0.4, 0.5) is 5.69 Å². The molecule has 0 aliphatic rings. The van der Waals surface area contributed by atoms with E-state index in [0.717, 1.165) is 6.54 Å². The Morgan fingerprint density at radius 3 is 2.39 bits per heavy atom. The summed E-state index contributed by atoms with van der Waals surface area (Å²) in [6.45, 7) is 1.03. The number of amides is 1. The molecular formula is C18H19N3OS. The first-order valence-corrected chi connectivity index (χ1v) is 8.44. The molecule has 0 atom stereocenters. The zero-order chi connectivity index (χ0) is 16.7. The maximum absolute atomic E-state index is 12.0. The summed E-state index contributed by atoms with van der Waals surface area (Å²) in [5.74, 6) is -0.0714. The minimum Gasteiger partial charge on any atom is -0.325 e. The number of hydrogen-bond acceptors (Lipinski definition) is 4. The number of likely N-dealkylation sites (N-methyl/N-ethyl adjacent to an activating group) is 1. The van der Waals surface area contributed by atoms with Crippen LogP contribution >= 0.6 is 11.8 Å². The van der Waals surface area contributed by atoms with Crippen LogP contribution < -0.4 is 5.32 Å². The van der Waals surface area contributed by atoms with E-state index in [4.69, 9.17) is 5.26 Å². The van der Waals surface area contributed by atoms with Crippen molar-refractivity contribution in [3.05, 3.63) is 59.7 Å². The normalized spacial score (nSPS) is 10.3. The van der Waals surface area contributed by atoms with Crippen molar-refractivity contribution in [1.82, 2.24) is 4.90 Å². The molecule has 4 nitrogen and oxygen atoms in total. The highest BCUT2D eigenvalue weighted by atomic mass is 32.2. The third-order valence-corrected chi connectivity index (χ3v) is 4.07. The average Bonchev–Trinajstić information content (AvgIpc) is 2.56. The number of nitrogens with one attached hydrogen (secondary N) is 1. The van der Waals surface area contributed by atoms with E-state index in [1.54, 1.807) is 36.0 Å². The second-order valence-corrected chi connectivity index (χ2v) is 6.14. The Morgan fingerprint density at radius 2 is 1.83 bits per heavy atom. The van der Waals surface area contributed by atoms with Gasteiger partial charge in [-0.25, -0.2) is 0 Å². The van der Waals surface area contributed by atoms with E-state index in [9.17, 15) is 4.79 Å². The lowest BCUT2D eigenvalue weighted by Gasteiger charge is -2.16. The number of rotatable bonds is 6. The maximum Gasteiger partial charge on any atom is 0.238 e. The van der Waals surface area contributed by atoms with Crippen molar-refractivity contribution in [2.24, 2.45) is 0 Å². The maximum atomic E-state index is 12.0. The largest absolute Gasteiger partial charge is 0.325 e. The Hall–Kier alpha value is -2.29. The van der Waals surface area contributed by atoms with E-state index < -0.39 is 0 Å². The number of carbonyl (C=O) groups excluding carboxylic acids is 1. The minimum absolute atomic E-state index is 0.0714. The van der Waals surface area contributed by atoms with Crippen LogP contribution in [0.1, 0.15) is 11.1 Å². The van der Waals surface area contributed by atoms with Gasteiger partial charge in [0.2, 0.25) is 5.91 Å². The van der Waals surface area contributed by atoms with Crippen molar-refractivity contribution >= 4 is 23.4 Å². The highest BCUT2D eigenvalue weighted by Crippen LogP contribution is 2.15. The lowest BCUT2D eigenvalue weighted by molar-refractivity contribution is -0.117. The third-order valence-electron chi connectivity index (χ3n) is 3.32. The van der Waals surface area contributed by atoms with Gasteiger partial charge in [0.25, 0.3) is 0 Å². The standard InChI is InChI=1S/C18H19N3OS/c1-21(12-15-5-9-17(23-2)10-6-15)13-18(22)20-16-7-3-14(11-19)4-8-16/h3-10H,12-13H2,1-2H3,(H,20,22). The second-order valence-electron chi connectivity index (χ2n) is 5.26. The molecule has 2 rings (SSSR count). The van der Waals surface area contributed by atoms with Gasteiger partial charge < -0.3 is 5.32 Å². The number of carbonyl (C=O) groups is 1. The highest BCUT2D eigenvalue weighted by molar-refractivity contribution is 7.98. The van der Waals surface area contributed by atoms with Gasteiger partial charge in [0.05, 0.1) is 18.2 Å². The van der Waals surface area contributed by atoms with Crippen LogP contribution in [0.3, 0.4) is 0 Å².